The van der Waals surface area contributed by atoms with E-state index in [0.29, 0.717) is 24.0 Å². The summed E-state index contributed by atoms with van der Waals surface area (Å²) in [6.07, 6.45) is 2.82. The first-order valence-electron chi connectivity index (χ1n) is 12.9. The molecule has 1 aliphatic carbocycles. The lowest BCUT2D eigenvalue weighted by atomic mass is 9.87. The summed E-state index contributed by atoms with van der Waals surface area (Å²) in [5.41, 5.74) is 4.67. The summed E-state index contributed by atoms with van der Waals surface area (Å²) in [6, 6.07) is 17.9. The Balaban J connectivity index is 1.35. The van der Waals surface area contributed by atoms with Crippen LogP contribution in [-0.2, 0) is 17.8 Å². The van der Waals surface area contributed by atoms with E-state index in [4.69, 9.17) is 9.15 Å². The molecule has 2 aromatic carbocycles. The lowest BCUT2D eigenvalue weighted by Gasteiger charge is -2.38. The number of carbonyl (C=O) groups excluding carboxylic acids is 2. The van der Waals surface area contributed by atoms with Gasteiger partial charge in [-0.25, -0.2) is 0 Å². The van der Waals surface area contributed by atoms with Gasteiger partial charge in [-0.05, 0) is 73.1 Å². The van der Waals surface area contributed by atoms with Crippen molar-refractivity contribution in [2.24, 2.45) is 11.8 Å². The van der Waals surface area contributed by atoms with E-state index in [1.807, 2.05) is 19.9 Å². The SMILES string of the molecule is Cc1cccc(C2c3cc(OCc4ccc(C(=O)NCC(C)C)o4)ccc3CCN2C(=O)C2CC2)c1. The van der Waals surface area contributed by atoms with Gasteiger partial charge in [-0.15, -0.1) is 0 Å². The Morgan fingerprint density at radius 1 is 1.11 bits per heavy atom. The highest BCUT2D eigenvalue weighted by molar-refractivity contribution is 5.91. The first-order valence-corrected chi connectivity index (χ1v) is 12.9. The van der Waals surface area contributed by atoms with Gasteiger partial charge >= 0.3 is 0 Å². The Hall–Kier alpha value is -3.54. The summed E-state index contributed by atoms with van der Waals surface area (Å²) in [5.74, 6) is 2.17. The molecule has 36 heavy (non-hydrogen) atoms. The molecule has 1 unspecified atom stereocenters. The van der Waals surface area contributed by atoms with Crippen LogP contribution in [0, 0.1) is 18.8 Å². The number of benzene rings is 2. The van der Waals surface area contributed by atoms with Gasteiger partial charge < -0.3 is 19.4 Å². The van der Waals surface area contributed by atoms with Crippen LogP contribution in [0.1, 0.15) is 71.3 Å². The summed E-state index contributed by atoms with van der Waals surface area (Å²) in [7, 11) is 0. The van der Waals surface area contributed by atoms with Gasteiger partial charge in [0.05, 0.1) is 6.04 Å². The van der Waals surface area contributed by atoms with Crippen LogP contribution in [0.15, 0.2) is 59.0 Å². The number of fused-ring (bicyclic) bond motifs is 1. The van der Waals surface area contributed by atoms with E-state index in [2.05, 4.69) is 53.5 Å². The fourth-order valence-corrected chi connectivity index (χ4v) is 4.80. The standard InChI is InChI=1S/C30H34N2O4/c1-19(2)17-31-29(33)27-12-11-25(36-27)18-35-24-10-9-21-13-14-32(30(34)22-7-8-22)28(26(21)16-24)23-6-4-5-20(3)15-23/h4-6,9-12,15-16,19,22,28H,7-8,13-14,17-18H2,1-3H3,(H,31,33). The third-order valence-electron chi connectivity index (χ3n) is 6.85. The van der Waals surface area contributed by atoms with Crippen LogP contribution in [0.4, 0.5) is 0 Å². The van der Waals surface area contributed by atoms with Crippen molar-refractivity contribution in [2.75, 3.05) is 13.1 Å². The first-order chi connectivity index (χ1) is 17.4. The van der Waals surface area contributed by atoms with Crippen molar-refractivity contribution < 1.29 is 18.7 Å². The molecule has 6 nitrogen and oxygen atoms in total. The number of nitrogens with zero attached hydrogens (tertiary/aromatic N) is 1. The summed E-state index contributed by atoms with van der Waals surface area (Å²) in [5, 5.41) is 2.86. The number of furan rings is 1. The molecule has 1 fully saturated rings. The smallest absolute Gasteiger partial charge is 0.287 e. The van der Waals surface area contributed by atoms with Gasteiger partial charge in [-0.3, -0.25) is 9.59 Å². The second-order valence-corrected chi connectivity index (χ2v) is 10.4. The molecule has 0 bridgehead atoms. The van der Waals surface area contributed by atoms with Crippen LogP contribution >= 0.6 is 0 Å². The minimum atomic E-state index is -0.217. The molecule has 0 radical (unpaired) electrons. The van der Waals surface area contributed by atoms with Gasteiger partial charge in [-0.1, -0.05) is 49.7 Å². The maximum atomic E-state index is 13.2. The van der Waals surface area contributed by atoms with E-state index in [0.717, 1.165) is 36.9 Å². The maximum absolute atomic E-state index is 13.2. The van der Waals surface area contributed by atoms with Crippen molar-refractivity contribution in [3.63, 3.8) is 0 Å². The van der Waals surface area contributed by atoms with Gasteiger partial charge in [0.25, 0.3) is 5.91 Å². The maximum Gasteiger partial charge on any atom is 0.287 e. The van der Waals surface area contributed by atoms with Gasteiger partial charge in [0.15, 0.2) is 5.76 Å². The molecule has 2 heterocycles. The molecule has 2 amide bonds. The molecule has 5 rings (SSSR count). The highest BCUT2D eigenvalue weighted by Gasteiger charge is 2.39. The molecule has 0 spiro atoms. The summed E-state index contributed by atoms with van der Waals surface area (Å²) >= 11 is 0. The quantitative estimate of drug-likeness (QED) is 0.460. The van der Waals surface area contributed by atoms with Gasteiger partial charge in [0.1, 0.15) is 18.1 Å². The Labute approximate surface area is 212 Å². The van der Waals surface area contributed by atoms with Crippen LogP contribution in [0.25, 0.3) is 0 Å². The number of carbonyl (C=O) groups is 2. The van der Waals surface area contributed by atoms with E-state index >= 15 is 0 Å². The molecular weight excluding hydrogens is 452 g/mol. The van der Waals surface area contributed by atoms with Crippen molar-refractivity contribution in [1.82, 2.24) is 10.2 Å². The van der Waals surface area contributed by atoms with E-state index in [9.17, 15) is 9.59 Å². The van der Waals surface area contributed by atoms with Crippen LogP contribution < -0.4 is 10.1 Å². The van der Waals surface area contributed by atoms with Crippen LogP contribution in [-0.4, -0.2) is 29.8 Å². The lowest BCUT2D eigenvalue weighted by molar-refractivity contribution is -0.134. The molecule has 6 heteroatoms. The third-order valence-corrected chi connectivity index (χ3v) is 6.85. The zero-order chi connectivity index (χ0) is 25.2. The second-order valence-electron chi connectivity index (χ2n) is 10.4. The number of hydrogen-bond donors (Lipinski definition) is 1. The number of amides is 2. The predicted octanol–water partition coefficient (Wildman–Crippen LogP) is 5.44. The predicted molar refractivity (Wildman–Crippen MR) is 138 cm³/mol. The summed E-state index contributed by atoms with van der Waals surface area (Å²) < 4.78 is 11.8. The van der Waals surface area contributed by atoms with E-state index in [-0.39, 0.29) is 36.1 Å². The van der Waals surface area contributed by atoms with Crippen molar-refractivity contribution >= 4 is 11.8 Å². The molecular formula is C30H34N2O4. The molecule has 3 aromatic rings. The van der Waals surface area contributed by atoms with Crippen molar-refractivity contribution in [2.45, 2.75) is 52.7 Å². The van der Waals surface area contributed by atoms with E-state index in [1.54, 1.807) is 12.1 Å². The summed E-state index contributed by atoms with van der Waals surface area (Å²) in [4.78, 5) is 27.5. The number of rotatable bonds is 8. The molecule has 2 aliphatic rings. The molecule has 1 aliphatic heterocycles. The fraction of sp³-hybridized carbons (Fsp3) is 0.400. The highest BCUT2D eigenvalue weighted by Crippen LogP contribution is 2.41. The van der Waals surface area contributed by atoms with Gasteiger partial charge in [0, 0.05) is 19.0 Å². The Morgan fingerprint density at radius 3 is 2.69 bits per heavy atom. The van der Waals surface area contributed by atoms with Crippen LogP contribution in [0.5, 0.6) is 5.75 Å². The molecule has 188 valence electrons. The Bertz CT molecular complexity index is 1260. The van der Waals surface area contributed by atoms with Crippen molar-refractivity contribution in [3.05, 3.63) is 88.4 Å². The number of hydrogen-bond acceptors (Lipinski definition) is 4. The summed E-state index contributed by atoms with van der Waals surface area (Å²) in [6.45, 7) is 7.73. The second kappa shape index (κ2) is 10.2. The van der Waals surface area contributed by atoms with Crippen molar-refractivity contribution in [3.8, 4) is 5.75 Å². The molecule has 1 aromatic heterocycles. The highest BCUT2D eigenvalue weighted by atomic mass is 16.5. The zero-order valence-corrected chi connectivity index (χ0v) is 21.3. The van der Waals surface area contributed by atoms with Gasteiger partial charge in [-0.2, -0.15) is 0 Å². The third kappa shape index (κ3) is 5.32. The number of ether oxygens (including phenoxy) is 1. The van der Waals surface area contributed by atoms with Gasteiger partial charge in [0.2, 0.25) is 5.91 Å². The number of nitrogens with one attached hydrogen (secondary N) is 1. The molecule has 0 saturated heterocycles. The normalized spacial score (nSPS) is 17.1. The molecule has 1 saturated carbocycles. The van der Waals surface area contributed by atoms with Crippen LogP contribution in [0.2, 0.25) is 0 Å². The Kier molecular flexibility index (Phi) is 6.86. The van der Waals surface area contributed by atoms with Crippen molar-refractivity contribution in [1.29, 1.82) is 0 Å². The lowest BCUT2D eigenvalue weighted by Crippen LogP contribution is -2.41. The number of aryl methyl sites for hydroxylation is 1. The topological polar surface area (TPSA) is 71.8 Å². The average molecular weight is 487 g/mol. The monoisotopic (exact) mass is 486 g/mol. The average Bonchev–Trinajstić information content (AvgIpc) is 3.62. The fourth-order valence-electron chi connectivity index (χ4n) is 4.80. The van der Waals surface area contributed by atoms with E-state index < -0.39 is 0 Å². The minimum Gasteiger partial charge on any atom is -0.486 e. The Morgan fingerprint density at radius 2 is 1.94 bits per heavy atom. The largest absolute Gasteiger partial charge is 0.486 e. The zero-order valence-electron chi connectivity index (χ0n) is 21.3. The molecule has 1 N–H and O–H groups in total. The van der Waals surface area contributed by atoms with E-state index in [1.165, 1.54) is 11.1 Å². The van der Waals surface area contributed by atoms with Crippen LogP contribution in [0.3, 0.4) is 0 Å². The minimum absolute atomic E-state index is 0.120. The molecule has 1 atom stereocenters. The first kappa shape index (κ1) is 24.2.